The van der Waals surface area contributed by atoms with Crippen molar-refractivity contribution in [3.8, 4) is 11.1 Å². The zero-order valence-corrected chi connectivity index (χ0v) is 12.4. The second-order valence-corrected chi connectivity index (χ2v) is 5.12. The highest BCUT2D eigenvalue weighted by Crippen LogP contribution is 2.21. The molecule has 0 aliphatic rings. The molecule has 0 aromatic heterocycles. The van der Waals surface area contributed by atoms with E-state index in [1.807, 2.05) is 30.3 Å². The van der Waals surface area contributed by atoms with E-state index in [1.54, 1.807) is 18.2 Å². The molecule has 2 aromatic carbocycles. The molecule has 0 bridgehead atoms. The van der Waals surface area contributed by atoms with Crippen molar-refractivity contribution in [3.05, 3.63) is 59.7 Å². The summed E-state index contributed by atoms with van der Waals surface area (Å²) in [6.07, 6.45) is -0.146. The SMILES string of the molecule is NC(CS)NCc1cccc(-c2cccc(C(=O)O)c2)c1. The second kappa shape index (κ2) is 7.26. The molecular formula is C16H18N2O2S. The Morgan fingerprint density at radius 1 is 1.19 bits per heavy atom. The third-order valence-electron chi connectivity index (χ3n) is 3.13. The Bertz CT molecular complexity index is 631. The minimum Gasteiger partial charge on any atom is -0.478 e. The molecule has 0 radical (unpaired) electrons. The van der Waals surface area contributed by atoms with E-state index in [-0.39, 0.29) is 11.7 Å². The average Bonchev–Trinajstić information content (AvgIpc) is 2.53. The third-order valence-corrected chi connectivity index (χ3v) is 3.53. The Kier molecular flexibility index (Phi) is 5.38. The number of carbonyl (C=O) groups is 1. The summed E-state index contributed by atoms with van der Waals surface area (Å²) in [6, 6.07) is 14.9. The van der Waals surface area contributed by atoms with Crippen LogP contribution < -0.4 is 11.1 Å². The molecule has 0 spiro atoms. The fraction of sp³-hybridized carbons (Fsp3) is 0.188. The van der Waals surface area contributed by atoms with Crippen molar-refractivity contribution in [1.82, 2.24) is 5.32 Å². The minimum absolute atomic E-state index is 0.146. The van der Waals surface area contributed by atoms with Gasteiger partial charge in [-0.2, -0.15) is 12.6 Å². The Labute approximate surface area is 129 Å². The smallest absolute Gasteiger partial charge is 0.335 e. The van der Waals surface area contributed by atoms with Crippen LogP contribution in [0.1, 0.15) is 15.9 Å². The predicted molar refractivity (Wildman–Crippen MR) is 87.5 cm³/mol. The van der Waals surface area contributed by atoms with Crippen molar-refractivity contribution in [1.29, 1.82) is 0 Å². The maximum absolute atomic E-state index is 11.0. The summed E-state index contributed by atoms with van der Waals surface area (Å²) >= 11 is 4.13. The number of aromatic carboxylic acids is 1. The molecule has 4 N–H and O–H groups in total. The molecule has 5 heteroatoms. The molecular weight excluding hydrogens is 284 g/mol. The molecule has 1 atom stereocenters. The first-order valence-electron chi connectivity index (χ1n) is 6.62. The Balaban J connectivity index is 2.20. The maximum atomic E-state index is 11.0. The third kappa shape index (κ3) is 4.32. The van der Waals surface area contributed by atoms with E-state index in [1.165, 1.54) is 0 Å². The summed E-state index contributed by atoms with van der Waals surface area (Å²) in [4.78, 5) is 11.0. The fourth-order valence-corrected chi connectivity index (χ4v) is 2.14. The first kappa shape index (κ1) is 15.6. The Morgan fingerprint density at radius 3 is 2.52 bits per heavy atom. The molecule has 2 aromatic rings. The summed E-state index contributed by atoms with van der Waals surface area (Å²) in [7, 11) is 0. The molecule has 0 saturated carbocycles. The lowest BCUT2D eigenvalue weighted by Gasteiger charge is -2.12. The molecule has 1 unspecified atom stereocenters. The van der Waals surface area contributed by atoms with Gasteiger partial charge in [-0.15, -0.1) is 0 Å². The van der Waals surface area contributed by atoms with Crippen LogP contribution in [0.25, 0.3) is 11.1 Å². The van der Waals surface area contributed by atoms with Gasteiger partial charge in [0.1, 0.15) is 0 Å². The van der Waals surface area contributed by atoms with Crippen LogP contribution in [-0.4, -0.2) is 23.0 Å². The molecule has 0 amide bonds. The molecule has 0 aliphatic carbocycles. The highest BCUT2D eigenvalue weighted by atomic mass is 32.1. The van der Waals surface area contributed by atoms with Gasteiger partial charge in [-0.3, -0.25) is 5.32 Å². The van der Waals surface area contributed by atoms with E-state index < -0.39 is 5.97 Å². The van der Waals surface area contributed by atoms with Gasteiger partial charge in [0.25, 0.3) is 0 Å². The monoisotopic (exact) mass is 302 g/mol. The van der Waals surface area contributed by atoms with E-state index in [9.17, 15) is 4.79 Å². The number of carboxylic acid groups (broad SMARTS) is 1. The summed E-state index contributed by atoms with van der Waals surface area (Å²) in [5.41, 5.74) is 9.01. The zero-order valence-electron chi connectivity index (χ0n) is 11.5. The van der Waals surface area contributed by atoms with Gasteiger partial charge >= 0.3 is 5.97 Å². The summed E-state index contributed by atoms with van der Waals surface area (Å²) in [5, 5.41) is 12.2. The fourth-order valence-electron chi connectivity index (χ4n) is 2.01. The average molecular weight is 302 g/mol. The van der Waals surface area contributed by atoms with Gasteiger partial charge < -0.3 is 10.8 Å². The first-order valence-corrected chi connectivity index (χ1v) is 7.26. The van der Waals surface area contributed by atoms with E-state index in [4.69, 9.17) is 10.8 Å². The van der Waals surface area contributed by atoms with Gasteiger partial charge in [-0.1, -0.05) is 30.3 Å². The lowest BCUT2D eigenvalue weighted by atomic mass is 10.0. The molecule has 0 heterocycles. The maximum Gasteiger partial charge on any atom is 0.335 e. The van der Waals surface area contributed by atoms with E-state index in [0.717, 1.165) is 16.7 Å². The van der Waals surface area contributed by atoms with Gasteiger partial charge in [0.2, 0.25) is 0 Å². The topological polar surface area (TPSA) is 75.3 Å². The van der Waals surface area contributed by atoms with Crippen LogP contribution >= 0.6 is 12.6 Å². The van der Waals surface area contributed by atoms with Gasteiger partial charge in [0.15, 0.2) is 0 Å². The van der Waals surface area contributed by atoms with E-state index >= 15 is 0 Å². The number of thiol groups is 1. The van der Waals surface area contributed by atoms with Crippen molar-refractivity contribution in [3.63, 3.8) is 0 Å². The van der Waals surface area contributed by atoms with Crippen molar-refractivity contribution in [2.45, 2.75) is 12.7 Å². The number of nitrogens with two attached hydrogens (primary N) is 1. The molecule has 4 nitrogen and oxygen atoms in total. The predicted octanol–water partition coefficient (Wildman–Crippen LogP) is 2.36. The number of carboxylic acids is 1. The molecule has 21 heavy (non-hydrogen) atoms. The summed E-state index contributed by atoms with van der Waals surface area (Å²) in [6.45, 7) is 0.647. The largest absolute Gasteiger partial charge is 0.478 e. The van der Waals surface area contributed by atoms with Gasteiger partial charge in [0, 0.05) is 12.3 Å². The Hall–Kier alpha value is -1.82. The number of hydrogen-bond acceptors (Lipinski definition) is 4. The molecule has 0 fully saturated rings. The van der Waals surface area contributed by atoms with Crippen LogP contribution in [0.3, 0.4) is 0 Å². The molecule has 0 aliphatic heterocycles. The van der Waals surface area contributed by atoms with Gasteiger partial charge in [-0.05, 0) is 34.9 Å². The lowest BCUT2D eigenvalue weighted by molar-refractivity contribution is 0.0697. The lowest BCUT2D eigenvalue weighted by Crippen LogP contribution is -2.38. The normalized spacial score (nSPS) is 12.1. The van der Waals surface area contributed by atoms with Gasteiger partial charge in [0.05, 0.1) is 11.7 Å². The van der Waals surface area contributed by atoms with E-state index in [2.05, 4.69) is 17.9 Å². The van der Waals surface area contributed by atoms with Crippen molar-refractivity contribution >= 4 is 18.6 Å². The van der Waals surface area contributed by atoms with Crippen molar-refractivity contribution in [2.24, 2.45) is 5.73 Å². The first-order chi connectivity index (χ1) is 10.1. The summed E-state index contributed by atoms with van der Waals surface area (Å²) < 4.78 is 0. The van der Waals surface area contributed by atoms with Crippen LogP contribution in [0.4, 0.5) is 0 Å². The van der Waals surface area contributed by atoms with Gasteiger partial charge in [-0.25, -0.2) is 4.79 Å². The molecule has 0 saturated heterocycles. The number of benzene rings is 2. The quantitative estimate of drug-likeness (QED) is 0.488. The number of nitrogens with one attached hydrogen (secondary N) is 1. The summed E-state index contributed by atoms with van der Waals surface area (Å²) in [5.74, 6) is -0.352. The Morgan fingerprint density at radius 2 is 1.86 bits per heavy atom. The van der Waals surface area contributed by atoms with Crippen LogP contribution in [0.2, 0.25) is 0 Å². The van der Waals surface area contributed by atoms with Crippen LogP contribution in [-0.2, 0) is 6.54 Å². The van der Waals surface area contributed by atoms with Crippen LogP contribution in [0.15, 0.2) is 48.5 Å². The van der Waals surface area contributed by atoms with Crippen LogP contribution in [0.5, 0.6) is 0 Å². The highest BCUT2D eigenvalue weighted by molar-refractivity contribution is 7.80. The molecule has 2 rings (SSSR count). The van der Waals surface area contributed by atoms with Crippen molar-refractivity contribution < 1.29 is 9.90 Å². The second-order valence-electron chi connectivity index (χ2n) is 4.76. The number of rotatable bonds is 6. The molecule has 110 valence electrons. The zero-order chi connectivity index (χ0) is 15.2. The van der Waals surface area contributed by atoms with Crippen molar-refractivity contribution in [2.75, 3.05) is 5.75 Å². The standard InChI is InChI=1S/C16H18N2O2S/c17-15(10-21)18-9-11-3-1-4-12(7-11)13-5-2-6-14(8-13)16(19)20/h1-8,15,18,21H,9-10,17H2,(H,19,20). The van der Waals surface area contributed by atoms with E-state index in [0.29, 0.717) is 12.3 Å². The number of hydrogen-bond donors (Lipinski definition) is 4. The highest BCUT2D eigenvalue weighted by Gasteiger charge is 2.06. The minimum atomic E-state index is -0.922. The van der Waals surface area contributed by atoms with Crippen LogP contribution in [0, 0.1) is 0 Å².